The van der Waals surface area contributed by atoms with Gasteiger partial charge < -0.3 is 5.32 Å². The lowest BCUT2D eigenvalue weighted by atomic mass is 10.1. The Bertz CT molecular complexity index is 902. The number of anilines is 1. The predicted molar refractivity (Wildman–Crippen MR) is 111 cm³/mol. The molecule has 1 aliphatic carbocycles. The number of hydrogen-bond acceptors (Lipinski definition) is 5. The van der Waals surface area contributed by atoms with Gasteiger partial charge in [0, 0.05) is 16.2 Å². The number of thiophene rings is 1. The fraction of sp³-hybridized carbons (Fsp3) is 0.350. The lowest BCUT2D eigenvalue weighted by Gasteiger charge is -2.23. The van der Waals surface area contributed by atoms with Gasteiger partial charge in [0.25, 0.3) is 5.91 Å². The number of carbonyl (C=O) groups excluding carboxylic acids is 3. The number of thioether (sulfide) groups is 1. The van der Waals surface area contributed by atoms with Crippen molar-refractivity contribution in [3.8, 4) is 0 Å². The van der Waals surface area contributed by atoms with Crippen molar-refractivity contribution in [1.29, 1.82) is 0 Å². The van der Waals surface area contributed by atoms with Crippen molar-refractivity contribution >= 4 is 46.5 Å². The number of nitrogens with one attached hydrogen (secondary N) is 3. The number of aryl methyl sites for hydroxylation is 2. The summed E-state index contributed by atoms with van der Waals surface area (Å²) in [7, 11) is 0. The van der Waals surface area contributed by atoms with E-state index in [9.17, 15) is 14.4 Å². The van der Waals surface area contributed by atoms with Gasteiger partial charge in [-0.2, -0.15) is 0 Å². The van der Waals surface area contributed by atoms with E-state index in [1.807, 2.05) is 30.3 Å². The molecule has 2 aromatic rings. The minimum Gasteiger partial charge on any atom is -0.324 e. The number of rotatable bonds is 3. The van der Waals surface area contributed by atoms with Crippen LogP contribution in [0.2, 0.25) is 0 Å². The second kappa shape index (κ2) is 8.36. The highest BCUT2D eigenvalue weighted by Crippen LogP contribution is 2.36. The number of hydrogen-bond donors (Lipinski definition) is 3. The van der Waals surface area contributed by atoms with Crippen LogP contribution in [0.3, 0.4) is 0 Å². The van der Waals surface area contributed by atoms with Crippen LogP contribution in [0, 0.1) is 0 Å². The van der Waals surface area contributed by atoms with E-state index in [1.54, 1.807) is 0 Å². The van der Waals surface area contributed by atoms with Crippen LogP contribution in [0.15, 0.2) is 35.2 Å². The van der Waals surface area contributed by atoms with Crippen molar-refractivity contribution in [3.05, 3.63) is 45.6 Å². The Balaban J connectivity index is 1.31. The SMILES string of the molecule is O=C(C[C@H]1Sc2ccccc2NC1=O)NNC(=O)c1cc2c(s1)CCCCC2. The molecule has 4 rings (SSSR count). The third-order valence-corrected chi connectivity index (χ3v) is 7.37. The maximum absolute atomic E-state index is 12.4. The molecule has 2 heterocycles. The van der Waals surface area contributed by atoms with Crippen molar-refractivity contribution in [2.45, 2.75) is 48.7 Å². The molecular formula is C20H21N3O3S2. The van der Waals surface area contributed by atoms with Crippen LogP contribution in [0.5, 0.6) is 0 Å². The monoisotopic (exact) mass is 415 g/mol. The van der Waals surface area contributed by atoms with Gasteiger partial charge in [-0.05, 0) is 49.4 Å². The molecule has 1 aromatic heterocycles. The van der Waals surface area contributed by atoms with Crippen molar-refractivity contribution in [3.63, 3.8) is 0 Å². The highest BCUT2D eigenvalue weighted by Gasteiger charge is 2.29. The lowest BCUT2D eigenvalue weighted by Crippen LogP contribution is -2.43. The molecule has 1 atom stereocenters. The zero-order valence-corrected chi connectivity index (χ0v) is 16.9. The van der Waals surface area contributed by atoms with Gasteiger partial charge in [0.15, 0.2) is 0 Å². The Labute approximate surface area is 171 Å². The standard InChI is InChI=1S/C20H21N3O3S2/c24-18(11-17-19(25)21-13-7-4-5-9-15(13)28-17)22-23-20(26)16-10-12-6-2-1-3-8-14(12)27-16/h4-5,7,9-10,17H,1-3,6,8,11H2,(H,21,25)(H,22,24)(H,23,26)/t17-/m1/s1. The summed E-state index contributed by atoms with van der Waals surface area (Å²) < 4.78 is 0. The van der Waals surface area contributed by atoms with Gasteiger partial charge >= 0.3 is 0 Å². The third-order valence-electron chi connectivity index (χ3n) is 4.86. The van der Waals surface area contributed by atoms with Crippen molar-refractivity contribution in [2.24, 2.45) is 0 Å². The summed E-state index contributed by atoms with van der Waals surface area (Å²) in [6.07, 6.45) is 5.58. The van der Waals surface area contributed by atoms with E-state index in [1.165, 1.54) is 40.0 Å². The zero-order chi connectivity index (χ0) is 19.5. The molecule has 0 bridgehead atoms. The Morgan fingerprint density at radius 1 is 1.11 bits per heavy atom. The Kier molecular flexibility index (Phi) is 5.68. The lowest BCUT2D eigenvalue weighted by molar-refractivity contribution is -0.124. The highest BCUT2D eigenvalue weighted by atomic mass is 32.2. The average molecular weight is 416 g/mol. The summed E-state index contributed by atoms with van der Waals surface area (Å²) in [5, 5.41) is 2.29. The first-order valence-corrected chi connectivity index (χ1v) is 11.1. The summed E-state index contributed by atoms with van der Waals surface area (Å²) in [4.78, 5) is 39.6. The van der Waals surface area contributed by atoms with Crippen molar-refractivity contribution in [1.82, 2.24) is 10.9 Å². The van der Waals surface area contributed by atoms with E-state index in [4.69, 9.17) is 0 Å². The molecule has 28 heavy (non-hydrogen) atoms. The zero-order valence-electron chi connectivity index (χ0n) is 15.2. The van der Waals surface area contributed by atoms with E-state index in [0.717, 1.165) is 36.3 Å². The number of carbonyl (C=O) groups is 3. The number of amides is 3. The maximum Gasteiger partial charge on any atom is 0.279 e. The van der Waals surface area contributed by atoms with Gasteiger partial charge in [-0.3, -0.25) is 25.2 Å². The summed E-state index contributed by atoms with van der Waals surface area (Å²) >= 11 is 2.87. The summed E-state index contributed by atoms with van der Waals surface area (Å²) in [6, 6.07) is 9.43. The summed E-state index contributed by atoms with van der Waals surface area (Å²) in [5.41, 5.74) is 6.94. The van der Waals surface area contributed by atoms with Crippen LogP contribution in [0.1, 0.15) is 45.8 Å². The number of hydrazine groups is 1. The molecule has 6 nitrogen and oxygen atoms in total. The van der Waals surface area contributed by atoms with Crippen molar-refractivity contribution < 1.29 is 14.4 Å². The average Bonchev–Trinajstić information content (AvgIpc) is 2.97. The molecule has 0 fully saturated rings. The molecule has 146 valence electrons. The smallest absolute Gasteiger partial charge is 0.279 e. The Morgan fingerprint density at radius 3 is 2.82 bits per heavy atom. The number of fused-ring (bicyclic) bond motifs is 2. The first-order chi connectivity index (χ1) is 13.6. The summed E-state index contributed by atoms with van der Waals surface area (Å²) in [5.74, 6) is -0.900. The van der Waals surface area contributed by atoms with Crippen LogP contribution in [0.4, 0.5) is 5.69 Å². The number of benzene rings is 1. The molecule has 0 unspecified atom stereocenters. The molecule has 0 spiro atoms. The highest BCUT2D eigenvalue weighted by molar-refractivity contribution is 8.01. The maximum atomic E-state index is 12.4. The normalized spacial score (nSPS) is 18.3. The Morgan fingerprint density at radius 2 is 1.93 bits per heavy atom. The molecule has 1 aromatic carbocycles. The van der Waals surface area contributed by atoms with Crippen LogP contribution in [-0.2, 0) is 22.4 Å². The fourth-order valence-corrected chi connectivity index (χ4v) is 5.67. The largest absolute Gasteiger partial charge is 0.324 e. The topological polar surface area (TPSA) is 87.3 Å². The molecule has 0 radical (unpaired) electrons. The van der Waals surface area contributed by atoms with Gasteiger partial charge in [0.1, 0.15) is 0 Å². The van der Waals surface area contributed by atoms with E-state index in [0.29, 0.717) is 4.88 Å². The van der Waals surface area contributed by atoms with Crippen LogP contribution < -0.4 is 16.2 Å². The van der Waals surface area contributed by atoms with Crippen molar-refractivity contribution in [2.75, 3.05) is 5.32 Å². The molecule has 0 saturated carbocycles. The molecule has 8 heteroatoms. The minimum absolute atomic E-state index is 0.00788. The van der Waals surface area contributed by atoms with Crippen LogP contribution in [-0.4, -0.2) is 23.0 Å². The molecule has 1 aliphatic heterocycles. The van der Waals surface area contributed by atoms with E-state index < -0.39 is 11.2 Å². The third kappa shape index (κ3) is 4.23. The van der Waals surface area contributed by atoms with Crippen LogP contribution in [0.25, 0.3) is 0 Å². The van der Waals surface area contributed by atoms with E-state index in [-0.39, 0.29) is 18.2 Å². The van der Waals surface area contributed by atoms with Gasteiger partial charge in [-0.15, -0.1) is 23.1 Å². The molecular weight excluding hydrogens is 394 g/mol. The van der Waals surface area contributed by atoms with E-state index in [2.05, 4.69) is 16.2 Å². The number of para-hydroxylation sites is 1. The first-order valence-electron chi connectivity index (χ1n) is 9.37. The second-order valence-electron chi connectivity index (χ2n) is 6.92. The molecule has 0 saturated heterocycles. The minimum atomic E-state index is -0.524. The van der Waals surface area contributed by atoms with E-state index >= 15 is 0 Å². The van der Waals surface area contributed by atoms with Gasteiger partial charge in [0.2, 0.25) is 11.8 Å². The molecule has 2 aliphatic rings. The van der Waals surface area contributed by atoms with Gasteiger partial charge in [-0.1, -0.05) is 18.6 Å². The predicted octanol–water partition coefficient (Wildman–Crippen LogP) is 3.28. The molecule has 3 amide bonds. The quantitative estimate of drug-likeness (QED) is 0.530. The van der Waals surface area contributed by atoms with Gasteiger partial charge in [-0.25, -0.2) is 0 Å². The first kappa shape index (κ1) is 19.0. The molecule has 3 N–H and O–H groups in total. The Hall–Kier alpha value is -2.32. The van der Waals surface area contributed by atoms with Crippen LogP contribution >= 0.6 is 23.1 Å². The van der Waals surface area contributed by atoms with Gasteiger partial charge in [0.05, 0.1) is 15.8 Å². The fourth-order valence-electron chi connectivity index (χ4n) is 3.41. The second-order valence-corrected chi connectivity index (χ2v) is 9.30. The summed E-state index contributed by atoms with van der Waals surface area (Å²) in [6.45, 7) is 0.